The van der Waals surface area contributed by atoms with E-state index in [1.54, 1.807) is 0 Å². The van der Waals surface area contributed by atoms with Gasteiger partial charge in [0.1, 0.15) is 13.2 Å². The maximum absolute atomic E-state index is 11.9. The highest BCUT2D eigenvalue weighted by Gasteiger charge is 2.29. The Morgan fingerprint density at radius 3 is 2.75 bits per heavy atom. The maximum atomic E-state index is 11.9. The van der Waals surface area contributed by atoms with Crippen LogP contribution in [0.15, 0.2) is 0 Å². The lowest BCUT2D eigenvalue weighted by atomic mass is 10.2. The van der Waals surface area contributed by atoms with Crippen LogP contribution in [0, 0.1) is 0 Å². The number of nitrogens with zero attached hydrogens (tertiary/aromatic N) is 4. The zero-order chi connectivity index (χ0) is 14.7. The Labute approximate surface area is 114 Å². The highest BCUT2D eigenvalue weighted by Crippen LogP contribution is 2.11. The van der Waals surface area contributed by atoms with Gasteiger partial charge in [-0.25, -0.2) is 19.2 Å². The van der Waals surface area contributed by atoms with Crippen molar-refractivity contribution >= 4 is 18.0 Å². The number of imide groups is 1. The number of amides is 2. The topological polar surface area (TPSA) is 115 Å². The highest BCUT2D eigenvalue weighted by molar-refractivity contribution is 5.93. The average molecular weight is 282 g/mol. The van der Waals surface area contributed by atoms with Crippen LogP contribution in [-0.2, 0) is 22.5 Å². The number of carbonyl (C=O) groups excluding carboxylic acids is 2. The number of hydrogen-bond donors (Lipinski definition) is 1. The normalized spacial score (nSPS) is 14.4. The minimum atomic E-state index is -1.19. The molecule has 1 fully saturated rings. The molecule has 0 bridgehead atoms. The molecule has 0 aliphatic carbocycles. The Bertz CT molecular complexity index is 553. The Kier molecular flexibility index (Phi) is 3.97. The summed E-state index contributed by atoms with van der Waals surface area (Å²) in [6.45, 7) is 2.01. The number of ether oxygens (including phenoxy) is 1. The Hall–Kier alpha value is -2.45. The van der Waals surface area contributed by atoms with Gasteiger partial charge in [0.2, 0.25) is 0 Å². The van der Waals surface area contributed by atoms with Crippen LogP contribution in [0.2, 0.25) is 0 Å². The smallest absolute Gasteiger partial charge is 0.416 e. The first-order chi connectivity index (χ1) is 9.54. The summed E-state index contributed by atoms with van der Waals surface area (Å²) in [7, 11) is 0. The molecule has 1 saturated heterocycles. The molecule has 9 nitrogen and oxygen atoms in total. The molecular weight excluding hydrogens is 268 g/mol. The summed E-state index contributed by atoms with van der Waals surface area (Å²) in [5.74, 6) is -1.68. The molecule has 2 rings (SSSR count). The van der Waals surface area contributed by atoms with Crippen molar-refractivity contribution in [3.8, 4) is 0 Å². The summed E-state index contributed by atoms with van der Waals surface area (Å²) >= 11 is 0. The third-order valence-corrected chi connectivity index (χ3v) is 2.87. The van der Waals surface area contributed by atoms with Gasteiger partial charge in [0.25, 0.3) is 5.91 Å². The second-order valence-corrected chi connectivity index (χ2v) is 4.26. The fourth-order valence-electron chi connectivity index (χ4n) is 1.94. The lowest BCUT2D eigenvalue weighted by Gasteiger charge is -2.11. The van der Waals surface area contributed by atoms with E-state index in [9.17, 15) is 14.4 Å². The Morgan fingerprint density at radius 1 is 1.45 bits per heavy atom. The minimum Gasteiger partial charge on any atom is -0.476 e. The van der Waals surface area contributed by atoms with Crippen LogP contribution >= 0.6 is 0 Å². The molecule has 1 N–H and O–H groups in total. The van der Waals surface area contributed by atoms with Crippen molar-refractivity contribution in [3.05, 3.63) is 11.4 Å². The van der Waals surface area contributed by atoms with Crippen LogP contribution in [0.5, 0.6) is 0 Å². The summed E-state index contributed by atoms with van der Waals surface area (Å²) in [6.07, 6.45) is 0.436. The molecule has 1 aromatic heterocycles. The van der Waals surface area contributed by atoms with Crippen molar-refractivity contribution in [2.45, 2.75) is 26.3 Å². The molecule has 0 spiro atoms. The van der Waals surface area contributed by atoms with Gasteiger partial charge in [-0.2, -0.15) is 0 Å². The number of rotatable bonds is 5. The molecule has 0 atom stereocenters. The molecule has 108 valence electrons. The van der Waals surface area contributed by atoms with Crippen LogP contribution < -0.4 is 0 Å². The summed E-state index contributed by atoms with van der Waals surface area (Å²) in [6, 6.07) is 0. The van der Waals surface area contributed by atoms with Crippen LogP contribution in [0.1, 0.15) is 29.5 Å². The van der Waals surface area contributed by atoms with Gasteiger partial charge in [-0.1, -0.05) is 18.6 Å². The van der Waals surface area contributed by atoms with E-state index in [1.807, 2.05) is 6.92 Å². The first-order valence-electron chi connectivity index (χ1n) is 6.17. The summed E-state index contributed by atoms with van der Waals surface area (Å²) in [5.41, 5.74) is 0.213. The van der Waals surface area contributed by atoms with E-state index in [4.69, 9.17) is 5.11 Å². The maximum Gasteiger partial charge on any atom is 0.416 e. The first-order valence-corrected chi connectivity index (χ1v) is 6.17. The van der Waals surface area contributed by atoms with E-state index in [0.717, 1.165) is 4.90 Å². The summed E-state index contributed by atoms with van der Waals surface area (Å²) in [4.78, 5) is 35.2. The van der Waals surface area contributed by atoms with Gasteiger partial charge in [-0.15, -0.1) is 5.10 Å². The largest absolute Gasteiger partial charge is 0.476 e. The van der Waals surface area contributed by atoms with Crippen LogP contribution in [0.3, 0.4) is 0 Å². The Morgan fingerprint density at radius 2 is 2.20 bits per heavy atom. The number of carboxylic acid groups (broad SMARTS) is 1. The predicted molar refractivity (Wildman–Crippen MR) is 64.0 cm³/mol. The standard InChI is InChI=1S/C11H14N4O5/c1-2-3-7-9(10(17)18)12-13-15(7)6-8(16)14-4-5-20-11(14)19/h2-6H2,1H3,(H,17,18). The zero-order valence-electron chi connectivity index (χ0n) is 10.9. The Balaban J connectivity index is 2.18. The number of aromatic nitrogens is 3. The molecule has 0 unspecified atom stereocenters. The van der Waals surface area contributed by atoms with Crippen molar-refractivity contribution in [1.29, 1.82) is 0 Å². The molecule has 1 aliphatic heterocycles. The molecule has 2 amide bonds. The lowest BCUT2D eigenvalue weighted by Crippen LogP contribution is -2.35. The van der Waals surface area contributed by atoms with Crippen molar-refractivity contribution in [1.82, 2.24) is 19.9 Å². The number of carbonyl (C=O) groups is 3. The van der Waals surface area contributed by atoms with E-state index in [-0.39, 0.29) is 25.4 Å². The van der Waals surface area contributed by atoms with Crippen molar-refractivity contribution in [2.75, 3.05) is 13.2 Å². The van der Waals surface area contributed by atoms with E-state index < -0.39 is 18.0 Å². The highest BCUT2D eigenvalue weighted by atomic mass is 16.6. The van der Waals surface area contributed by atoms with E-state index in [2.05, 4.69) is 15.0 Å². The van der Waals surface area contributed by atoms with E-state index in [1.165, 1.54) is 4.68 Å². The number of hydrogen-bond acceptors (Lipinski definition) is 6. The van der Waals surface area contributed by atoms with Gasteiger partial charge in [-0.05, 0) is 6.42 Å². The van der Waals surface area contributed by atoms with E-state index in [0.29, 0.717) is 18.5 Å². The fraction of sp³-hybridized carbons (Fsp3) is 0.545. The van der Waals surface area contributed by atoms with Gasteiger partial charge in [0.05, 0.1) is 12.2 Å². The zero-order valence-corrected chi connectivity index (χ0v) is 10.9. The van der Waals surface area contributed by atoms with Crippen molar-refractivity contribution in [2.24, 2.45) is 0 Å². The molecule has 1 aromatic rings. The first kappa shape index (κ1) is 14.0. The average Bonchev–Trinajstić information content (AvgIpc) is 2.97. The summed E-state index contributed by atoms with van der Waals surface area (Å²) in [5, 5.41) is 16.2. The SMILES string of the molecule is CCCc1c(C(=O)O)nnn1CC(=O)N1CCOC1=O. The fourth-order valence-corrected chi connectivity index (χ4v) is 1.94. The second kappa shape index (κ2) is 5.68. The van der Waals surface area contributed by atoms with Gasteiger partial charge < -0.3 is 9.84 Å². The third kappa shape index (κ3) is 2.60. The molecule has 20 heavy (non-hydrogen) atoms. The number of carboxylic acids is 1. The van der Waals surface area contributed by atoms with Crippen molar-refractivity contribution < 1.29 is 24.2 Å². The molecule has 0 aromatic carbocycles. The monoisotopic (exact) mass is 282 g/mol. The molecule has 9 heteroatoms. The number of aromatic carboxylic acids is 1. The van der Waals surface area contributed by atoms with Crippen LogP contribution in [0.4, 0.5) is 4.79 Å². The second-order valence-electron chi connectivity index (χ2n) is 4.26. The van der Waals surface area contributed by atoms with Gasteiger partial charge in [-0.3, -0.25) is 4.79 Å². The third-order valence-electron chi connectivity index (χ3n) is 2.87. The predicted octanol–water partition coefficient (Wildman–Crippen LogP) is -0.0924. The number of cyclic esters (lactones) is 1. The van der Waals surface area contributed by atoms with Crippen LogP contribution in [-0.4, -0.2) is 56.1 Å². The van der Waals surface area contributed by atoms with Gasteiger partial charge in [0, 0.05) is 0 Å². The summed E-state index contributed by atoms with van der Waals surface area (Å²) < 4.78 is 5.90. The minimum absolute atomic E-state index is 0.163. The molecular formula is C11H14N4O5. The molecule has 1 aliphatic rings. The quantitative estimate of drug-likeness (QED) is 0.802. The van der Waals surface area contributed by atoms with E-state index >= 15 is 0 Å². The molecule has 0 saturated carbocycles. The molecule has 2 heterocycles. The van der Waals surface area contributed by atoms with Crippen LogP contribution in [0.25, 0.3) is 0 Å². The van der Waals surface area contributed by atoms with Crippen molar-refractivity contribution in [3.63, 3.8) is 0 Å². The van der Waals surface area contributed by atoms with Gasteiger partial charge >= 0.3 is 12.1 Å². The lowest BCUT2D eigenvalue weighted by molar-refractivity contribution is -0.128. The van der Waals surface area contributed by atoms with Gasteiger partial charge in [0.15, 0.2) is 5.69 Å². The molecule has 0 radical (unpaired) electrons.